The third kappa shape index (κ3) is 5.62. The zero-order valence-corrected chi connectivity index (χ0v) is 15.1. The van der Waals surface area contributed by atoms with Gasteiger partial charge in [0.2, 0.25) is 23.6 Å². The highest BCUT2D eigenvalue weighted by Gasteiger charge is 2.34. The topological polar surface area (TPSA) is 95.6 Å². The summed E-state index contributed by atoms with van der Waals surface area (Å²) in [6.07, 6.45) is 2.75. The second kappa shape index (κ2) is 9.39. The smallest absolute Gasteiger partial charge is 0.242 e. The van der Waals surface area contributed by atoms with Crippen LogP contribution < -0.4 is 10.6 Å². The number of amides is 4. The van der Waals surface area contributed by atoms with Crippen LogP contribution >= 0.6 is 0 Å². The Morgan fingerprint density at radius 1 is 1.21 bits per heavy atom. The molecule has 1 heterocycles. The van der Waals surface area contributed by atoms with E-state index in [0.29, 0.717) is 32.2 Å². The van der Waals surface area contributed by atoms with Crippen LogP contribution in [0.15, 0.2) is 0 Å². The van der Waals surface area contributed by atoms with Crippen molar-refractivity contribution >= 4 is 23.6 Å². The van der Waals surface area contributed by atoms with Gasteiger partial charge in [-0.15, -0.1) is 0 Å². The molecule has 4 amide bonds. The van der Waals surface area contributed by atoms with Gasteiger partial charge in [0.05, 0.1) is 0 Å². The van der Waals surface area contributed by atoms with E-state index in [0.717, 1.165) is 6.42 Å². The van der Waals surface area contributed by atoms with Crippen molar-refractivity contribution in [1.29, 1.82) is 0 Å². The fraction of sp³-hybridized carbons (Fsp3) is 0.765. The number of hydrogen-bond donors (Lipinski definition) is 2. The van der Waals surface area contributed by atoms with Gasteiger partial charge in [0.1, 0.15) is 6.04 Å². The van der Waals surface area contributed by atoms with E-state index in [1.807, 2.05) is 13.8 Å². The first-order valence-electron chi connectivity index (χ1n) is 8.63. The summed E-state index contributed by atoms with van der Waals surface area (Å²) in [5.74, 6) is -0.736. The minimum absolute atomic E-state index is 0.0167. The fourth-order valence-corrected chi connectivity index (χ4v) is 2.75. The van der Waals surface area contributed by atoms with Gasteiger partial charge in [-0.25, -0.2) is 0 Å². The predicted molar refractivity (Wildman–Crippen MR) is 89.8 cm³/mol. The van der Waals surface area contributed by atoms with Gasteiger partial charge in [0.15, 0.2) is 0 Å². The second-order valence-electron chi connectivity index (χ2n) is 6.70. The molecule has 1 aliphatic rings. The number of rotatable bonds is 9. The Kier molecular flexibility index (Phi) is 7.88. The molecule has 7 heteroatoms. The summed E-state index contributed by atoms with van der Waals surface area (Å²) >= 11 is 0. The van der Waals surface area contributed by atoms with Crippen molar-refractivity contribution in [3.05, 3.63) is 0 Å². The molecule has 0 spiro atoms. The summed E-state index contributed by atoms with van der Waals surface area (Å²) in [7, 11) is 1.55. The zero-order valence-electron chi connectivity index (χ0n) is 15.1. The van der Waals surface area contributed by atoms with Crippen LogP contribution in [-0.2, 0) is 19.2 Å². The lowest BCUT2D eigenvalue weighted by atomic mass is 10.0. The third-order valence-electron chi connectivity index (χ3n) is 4.27. The minimum Gasteiger partial charge on any atom is -0.357 e. The Morgan fingerprint density at radius 2 is 1.88 bits per heavy atom. The molecular formula is C17H29N3O4. The van der Waals surface area contributed by atoms with Crippen molar-refractivity contribution in [3.63, 3.8) is 0 Å². The van der Waals surface area contributed by atoms with E-state index in [4.69, 9.17) is 0 Å². The lowest BCUT2D eigenvalue weighted by Crippen LogP contribution is -2.48. The van der Waals surface area contributed by atoms with E-state index in [1.54, 1.807) is 14.0 Å². The summed E-state index contributed by atoms with van der Waals surface area (Å²) in [6, 6.07) is -0.524. The standard InChI is InChI=1S/C17H29N3O4/c1-11(2)15(16(23)18-4)19-13(21)8-6-5-7-9-20-14(22)10-12(3)17(20)24/h11-12,15H,5-10H2,1-4H3,(H,18,23)(H,19,21). The van der Waals surface area contributed by atoms with Gasteiger partial charge in [-0.1, -0.05) is 27.2 Å². The SMILES string of the molecule is CNC(=O)C(NC(=O)CCCCCN1C(=O)CC(C)C1=O)C(C)C. The quantitative estimate of drug-likeness (QED) is 0.480. The highest BCUT2D eigenvalue weighted by molar-refractivity contribution is 6.03. The van der Waals surface area contributed by atoms with Gasteiger partial charge in [0, 0.05) is 32.4 Å². The summed E-state index contributed by atoms with van der Waals surface area (Å²) in [5.41, 5.74) is 0. The molecule has 1 rings (SSSR count). The molecule has 0 radical (unpaired) electrons. The van der Waals surface area contributed by atoms with E-state index in [2.05, 4.69) is 10.6 Å². The third-order valence-corrected chi connectivity index (χ3v) is 4.27. The van der Waals surface area contributed by atoms with Gasteiger partial charge in [-0.2, -0.15) is 0 Å². The zero-order chi connectivity index (χ0) is 18.3. The first-order chi connectivity index (χ1) is 11.3. The molecule has 0 aromatic rings. The Morgan fingerprint density at radius 3 is 2.38 bits per heavy atom. The van der Waals surface area contributed by atoms with E-state index >= 15 is 0 Å². The number of unbranched alkanes of at least 4 members (excludes halogenated alkanes) is 2. The average Bonchev–Trinajstić information content (AvgIpc) is 2.77. The van der Waals surface area contributed by atoms with Gasteiger partial charge in [0.25, 0.3) is 0 Å². The predicted octanol–water partition coefficient (Wildman–Crippen LogP) is 0.829. The van der Waals surface area contributed by atoms with E-state index in [1.165, 1.54) is 4.90 Å². The molecule has 2 atom stereocenters. The molecule has 1 aliphatic heterocycles. The van der Waals surface area contributed by atoms with Crippen molar-refractivity contribution in [3.8, 4) is 0 Å². The number of likely N-dealkylation sites (tertiary alicyclic amines) is 1. The van der Waals surface area contributed by atoms with Crippen LogP contribution in [-0.4, -0.2) is 48.2 Å². The van der Waals surface area contributed by atoms with E-state index < -0.39 is 6.04 Å². The molecule has 1 saturated heterocycles. The van der Waals surface area contributed by atoms with Crippen LogP contribution in [0.4, 0.5) is 0 Å². The second-order valence-corrected chi connectivity index (χ2v) is 6.70. The molecular weight excluding hydrogens is 310 g/mol. The highest BCUT2D eigenvalue weighted by Crippen LogP contribution is 2.19. The van der Waals surface area contributed by atoms with Gasteiger partial charge in [-0.3, -0.25) is 24.1 Å². The van der Waals surface area contributed by atoms with Crippen molar-refractivity contribution in [2.45, 2.75) is 58.9 Å². The highest BCUT2D eigenvalue weighted by atomic mass is 16.2. The number of hydrogen-bond acceptors (Lipinski definition) is 4. The summed E-state index contributed by atoms with van der Waals surface area (Å²) in [6.45, 7) is 5.95. The first-order valence-corrected chi connectivity index (χ1v) is 8.63. The van der Waals surface area contributed by atoms with Crippen LogP contribution in [0.3, 0.4) is 0 Å². The lowest BCUT2D eigenvalue weighted by molar-refractivity contribution is -0.139. The Labute approximate surface area is 143 Å². The summed E-state index contributed by atoms with van der Waals surface area (Å²) in [5, 5.41) is 5.30. The Balaban J connectivity index is 2.25. The monoisotopic (exact) mass is 339 g/mol. The normalized spacial score (nSPS) is 18.9. The largest absolute Gasteiger partial charge is 0.357 e. The number of nitrogens with one attached hydrogen (secondary N) is 2. The van der Waals surface area contributed by atoms with Crippen LogP contribution in [0.2, 0.25) is 0 Å². The molecule has 0 saturated carbocycles. The number of carbonyl (C=O) groups is 4. The van der Waals surface area contributed by atoms with Crippen molar-refractivity contribution in [2.75, 3.05) is 13.6 Å². The molecule has 1 fully saturated rings. The maximum absolute atomic E-state index is 11.9. The minimum atomic E-state index is -0.524. The van der Waals surface area contributed by atoms with Gasteiger partial charge in [-0.05, 0) is 18.8 Å². The van der Waals surface area contributed by atoms with Crippen LogP contribution in [0.1, 0.15) is 52.9 Å². The molecule has 0 bridgehead atoms. The summed E-state index contributed by atoms with van der Waals surface area (Å²) in [4.78, 5) is 48.4. The van der Waals surface area contributed by atoms with Crippen LogP contribution in [0.25, 0.3) is 0 Å². The maximum Gasteiger partial charge on any atom is 0.242 e. The molecule has 0 aliphatic carbocycles. The number of carbonyl (C=O) groups excluding carboxylic acids is 4. The van der Waals surface area contributed by atoms with Crippen LogP contribution in [0.5, 0.6) is 0 Å². The maximum atomic E-state index is 11.9. The number of likely N-dealkylation sites (N-methyl/N-ethyl adjacent to an activating group) is 1. The fourth-order valence-electron chi connectivity index (χ4n) is 2.75. The lowest BCUT2D eigenvalue weighted by Gasteiger charge is -2.20. The van der Waals surface area contributed by atoms with Crippen molar-refractivity contribution in [2.24, 2.45) is 11.8 Å². The summed E-state index contributed by atoms with van der Waals surface area (Å²) < 4.78 is 0. The van der Waals surface area contributed by atoms with Crippen molar-refractivity contribution in [1.82, 2.24) is 15.5 Å². The first kappa shape index (κ1) is 20.1. The number of imide groups is 1. The Hall–Kier alpha value is -1.92. The number of nitrogens with zero attached hydrogens (tertiary/aromatic N) is 1. The van der Waals surface area contributed by atoms with Crippen LogP contribution in [0, 0.1) is 11.8 Å². The van der Waals surface area contributed by atoms with E-state index in [-0.39, 0.29) is 35.5 Å². The molecule has 24 heavy (non-hydrogen) atoms. The molecule has 7 nitrogen and oxygen atoms in total. The molecule has 2 unspecified atom stereocenters. The molecule has 136 valence electrons. The molecule has 2 N–H and O–H groups in total. The van der Waals surface area contributed by atoms with Crippen molar-refractivity contribution < 1.29 is 19.2 Å². The molecule has 0 aromatic heterocycles. The Bertz CT molecular complexity index is 490. The van der Waals surface area contributed by atoms with Gasteiger partial charge < -0.3 is 10.6 Å². The average molecular weight is 339 g/mol. The van der Waals surface area contributed by atoms with E-state index in [9.17, 15) is 19.2 Å². The molecule has 0 aromatic carbocycles. The van der Waals surface area contributed by atoms with Gasteiger partial charge >= 0.3 is 0 Å².